The van der Waals surface area contributed by atoms with E-state index in [0.717, 1.165) is 35.1 Å². The molecule has 1 aliphatic rings. The number of esters is 1. The summed E-state index contributed by atoms with van der Waals surface area (Å²) in [6.07, 6.45) is 1.51. The molecule has 34 heavy (non-hydrogen) atoms. The van der Waals surface area contributed by atoms with E-state index in [2.05, 4.69) is 15.3 Å². The lowest BCUT2D eigenvalue weighted by molar-refractivity contribution is -0.151. The number of likely N-dealkylation sites (tertiary alicyclic amines) is 1. The fourth-order valence-corrected chi connectivity index (χ4v) is 4.67. The molecule has 5 rings (SSSR count). The molecule has 1 aliphatic heterocycles. The van der Waals surface area contributed by atoms with Gasteiger partial charge >= 0.3 is 5.97 Å². The highest BCUT2D eigenvalue weighted by Gasteiger charge is 2.30. The maximum Gasteiger partial charge on any atom is 0.310 e. The van der Waals surface area contributed by atoms with Gasteiger partial charge in [-0.05, 0) is 45.7 Å². The SMILES string of the molecule is CCOC(=O)[C@H]1CCCN(C(=O)Cn2c3ccccc3c3nnc(-n4nc(C)cc4C)nc32)C1. The van der Waals surface area contributed by atoms with Crippen LogP contribution < -0.4 is 0 Å². The van der Waals surface area contributed by atoms with Gasteiger partial charge in [0.15, 0.2) is 5.65 Å². The van der Waals surface area contributed by atoms with Crippen molar-refractivity contribution in [3.05, 3.63) is 41.7 Å². The summed E-state index contributed by atoms with van der Waals surface area (Å²) in [6.45, 7) is 7.07. The zero-order valence-electron chi connectivity index (χ0n) is 19.6. The number of ether oxygens (including phenoxy) is 1. The van der Waals surface area contributed by atoms with Crippen molar-refractivity contribution >= 4 is 33.9 Å². The molecule has 176 valence electrons. The zero-order chi connectivity index (χ0) is 23.8. The van der Waals surface area contributed by atoms with Gasteiger partial charge in [-0.1, -0.05) is 18.2 Å². The molecular weight excluding hydrogens is 434 g/mol. The van der Waals surface area contributed by atoms with Crippen LogP contribution in [-0.2, 0) is 20.9 Å². The fourth-order valence-electron chi connectivity index (χ4n) is 4.67. The Bertz CT molecular complexity index is 1390. The molecule has 1 aromatic carbocycles. The normalized spacial score (nSPS) is 16.3. The molecule has 4 heterocycles. The van der Waals surface area contributed by atoms with Gasteiger partial charge in [0.2, 0.25) is 5.91 Å². The number of aryl methyl sites for hydroxylation is 2. The van der Waals surface area contributed by atoms with Crippen LogP contribution >= 0.6 is 0 Å². The topological polar surface area (TPSA) is 108 Å². The van der Waals surface area contributed by atoms with E-state index in [4.69, 9.17) is 9.72 Å². The van der Waals surface area contributed by atoms with Crippen molar-refractivity contribution in [3.63, 3.8) is 0 Å². The summed E-state index contributed by atoms with van der Waals surface area (Å²) in [5.41, 5.74) is 3.83. The molecule has 1 saturated heterocycles. The second-order valence-electron chi connectivity index (χ2n) is 8.66. The number of aromatic nitrogens is 6. The van der Waals surface area contributed by atoms with E-state index in [1.54, 1.807) is 16.5 Å². The molecule has 0 aliphatic carbocycles. The van der Waals surface area contributed by atoms with Crippen LogP contribution in [-0.4, -0.2) is 66.0 Å². The van der Waals surface area contributed by atoms with Gasteiger partial charge in [-0.3, -0.25) is 9.59 Å². The van der Waals surface area contributed by atoms with E-state index < -0.39 is 0 Å². The Morgan fingerprint density at radius 1 is 1.18 bits per heavy atom. The molecule has 0 radical (unpaired) electrons. The van der Waals surface area contributed by atoms with Gasteiger partial charge in [-0.2, -0.15) is 10.1 Å². The second-order valence-corrected chi connectivity index (χ2v) is 8.66. The molecule has 0 unspecified atom stereocenters. The van der Waals surface area contributed by atoms with E-state index in [9.17, 15) is 9.59 Å². The number of para-hydroxylation sites is 1. The van der Waals surface area contributed by atoms with Crippen LogP contribution in [0.4, 0.5) is 0 Å². The summed E-state index contributed by atoms with van der Waals surface area (Å²) in [6, 6.07) is 9.71. The Labute approximate surface area is 196 Å². The number of rotatable bonds is 5. The van der Waals surface area contributed by atoms with Gasteiger partial charge in [0.25, 0.3) is 5.95 Å². The van der Waals surface area contributed by atoms with Crippen molar-refractivity contribution in [2.75, 3.05) is 19.7 Å². The van der Waals surface area contributed by atoms with Gasteiger partial charge in [0, 0.05) is 24.2 Å². The Balaban J connectivity index is 1.51. The minimum absolute atomic E-state index is 0.0667. The number of hydrogen-bond donors (Lipinski definition) is 0. The maximum absolute atomic E-state index is 13.4. The highest BCUT2D eigenvalue weighted by Crippen LogP contribution is 2.27. The lowest BCUT2D eigenvalue weighted by atomic mass is 9.98. The standard InChI is InChI=1S/C24H27N7O3/c1-4-34-23(33)17-8-7-11-29(13-17)20(32)14-30-19-10-6-5-9-18(19)21-22(30)25-24(27-26-21)31-16(3)12-15(2)28-31/h5-6,9-10,12,17H,4,7-8,11,13-14H2,1-3H3/t17-/m0/s1. The van der Waals surface area contributed by atoms with Crippen LogP contribution in [0.25, 0.3) is 28.0 Å². The number of fused-ring (bicyclic) bond motifs is 3. The van der Waals surface area contributed by atoms with Gasteiger partial charge in [-0.15, -0.1) is 10.2 Å². The molecule has 1 atom stereocenters. The van der Waals surface area contributed by atoms with Gasteiger partial charge < -0.3 is 14.2 Å². The van der Waals surface area contributed by atoms with Crippen molar-refractivity contribution in [3.8, 4) is 5.95 Å². The van der Waals surface area contributed by atoms with E-state index in [1.807, 2.05) is 48.7 Å². The summed E-state index contributed by atoms with van der Waals surface area (Å²) in [5, 5.41) is 14.1. The third-order valence-electron chi connectivity index (χ3n) is 6.25. The average Bonchev–Trinajstić information content (AvgIpc) is 3.35. The van der Waals surface area contributed by atoms with Crippen LogP contribution in [0.15, 0.2) is 30.3 Å². The molecule has 0 bridgehead atoms. The first kappa shape index (κ1) is 22.0. The number of piperidine rings is 1. The average molecular weight is 462 g/mol. The van der Waals surface area contributed by atoms with Crippen LogP contribution in [0.3, 0.4) is 0 Å². The number of carbonyl (C=O) groups excluding carboxylic acids is 2. The van der Waals surface area contributed by atoms with Crippen LogP contribution in [0, 0.1) is 19.8 Å². The molecule has 0 saturated carbocycles. The van der Waals surface area contributed by atoms with Gasteiger partial charge in [0.05, 0.1) is 23.7 Å². The Kier molecular flexibility index (Phi) is 5.72. The van der Waals surface area contributed by atoms with E-state index in [0.29, 0.717) is 36.8 Å². The van der Waals surface area contributed by atoms with Crippen LogP contribution in [0.5, 0.6) is 0 Å². The van der Waals surface area contributed by atoms with E-state index in [-0.39, 0.29) is 24.3 Å². The monoisotopic (exact) mass is 461 g/mol. The minimum Gasteiger partial charge on any atom is -0.466 e. The smallest absolute Gasteiger partial charge is 0.310 e. The lowest BCUT2D eigenvalue weighted by Crippen LogP contribution is -2.44. The van der Waals surface area contributed by atoms with E-state index in [1.165, 1.54) is 0 Å². The first-order valence-electron chi connectivity index (χ1n) is 11.6. The molecule has 0 N–H and O–H groups in total. The fraction of sp³-hybridized carbons (Fsp3) is 0.417. The van der Waals surface area contributed by atoms with Crippen LogP contribution in [0.1, 0.15) is 31.2 Å². The first-order chi connectivity index (χ1) is 16.5. The number of carbonyl (C=O) groups is 2. The summed E-state index contributed by atoms with van der Waals surface area (Å²) >= 11 is 0. The molecule has 1 amide bonds. The van der Waals surface area contributed by atoms with Crippen molar-refractivity contribution in [2.24, 2.45) is 5.92 Å². The number of benzene rings is 1. The van der Waals surface area contributed by atoms with Gasteiger partial charge in [-0.25, -0.2) is 4.68 Å². The van der Waals surface area contributed by atoms with Gasteiger partial charge in [0.1, 0.15) is 12.1 Å². The molecule has 3 aromatic heterocycles. The third-order valence-corrected chi connectivity index (χ3v) is 6.25. The molecule has 0 spiro atoms. The molecule has 4 aromatic rings. The summed E-state index contributed by atoms with van der Waals surface area (Å²) < 4.78 is 8.71. The summed E-state index contributed by atoms with van der Waals surface area (Å²) in [4.78, 5) is 32.1. The summed E-state index contributed by atoms with van der Waals surface area (Å²) in [7, 11) is 0. The molecule has 10 nitrogen and oxygen atoms in total. The minimum atomic E-state index is -0.280. The Morgan fingerprint density at radius 2 is 2.00 bits per heavy atom. The number of hydrogen-bond acceptors (Lipinski definition) is 7. The van der Waals surface area contributed by atoms with Crippen LogP contribution in [0.2, 0.25) is 0 Å². The largest absolute Gasteiger partial charge is 0.466 e. The highest BCUT2D eigenvalue weighted by atomic mass is 16.5. The van der Waals surface area contributed by atoms with Crippen molar-refractivity contribution < 1.29 is 14.3 Å². The third kappa shape index (κ3) is 3.89. The zero-order valence-corrected chi connectivity index (χ0v) is 19.6. The predicted molar refractivity (Wildman–Crippen MR) is 125 cm³/mol. The molecule has 1 fully saturated rings. The number of amides is 1. The Morgan fingerprint density at radius 3 is 2.76 bits per heavy atom. The second kappa shape index (κ2) is 8.85. The predicted octanol–water partition coefficient (Wildman–Crippen LogP) is 2.58. The number of nitrogens with zero attached hydrogens (tertiary/aromatic N) is 7. The Hall–Kier alpha value is -3.82. The van der Waals surface area contributed by atoms with Crippen molar-refractivity contribution in [2.45, 2.75) is 40.2 Å². The molecular formula is C24H27N7O3. The highest BCUT2D eigenvalue weighted by molar-refractivity contribution is 6.04. The molecule has 10 heteroatoms. The van der Waals surface area contributed by atoms with E-state index >= 15 is 0 Å². The first-order valence-corrected chi connectivity index (χ1v) is 11.6. The lowest BCUT2D eigenvalue weighted by Gasteiger charge is -2.31. The van der Waals surface area contributed by atoms with Crippen molar-refractivity contribution in [1.82, 2.24) is 34.4 Å². The maximum atomic E-state index is 13.4. The quantitative estimate of drug-likeness (QED) is 0.420. The van der Waals surface area contributed by atoms with Crippen molar-refractivity contribution in [1.29, 1.82) is 0 Å². The summed E-state index contributed by atoms with van der Waals surface area (Å²) in [5.74, 6) is -0.223.